The molecule has 5 nitrogen and oxygen atoms in total. The standard InChI is InChI=1S/C15H17BrN2O3/c1-15(2,3)12-11(16)14(20)18-13(17-12)8-5-6-10(21-4)9(19)7-8/h5-7,19H,1-4H3,(H,17,18,20). The second-order valence-electron chi connectivity index (χ2n) is 5.71. The van der Waals surface area contributed by atoms with Crippen LogP contribution in [0.3, 0.4) is 0 Å². The quantitative estimate of drug-likeness (QED) is 0.869. The molecule has 0 fully saturated rings. The molecule has 21 heavy (non-hydrogen) atoms. The molecule has 0 aliphatic carbocycles. The van der Waals surface area contributed by atoms with Gasteiger partial charge >= 0.3 is 0 Å². The van der Waals surface area contributed by atoms with Crippen molar-refractivity contribution in [1.29, 1.82) is 0 Å². The predicted octanol–water partition coefficient (Wildman–Crippen LogP) is 3.21. The second kappa shape index (κ2) is 5.52. The maximum Gasteiger partial charge on any atom is 0.265 e. The van der Waals surface area contributed by atoms with Crippen molar-refractivity contribution in [3.05, 3.63) is 38.7 Å². The van der Waals surface area contributed by atoms with Crippen LogP contribution in [0.1, 0.15) is 26.5 Å². The first kappa shape index (κ1) is 15.6. The maximum atomic E-state index is 12.1. The first-order valence-electron chi connectivity index (χ1n) is 6.41. The summed E-state index contributed by atoms with van der Waals surface area (Å²) in [4.78, 5) is 19.3. The van der Waals surface area contributed by atoms with Gasteiger partial charge in [-0.3, -0.25) is 4.79 Å². The zero-order valence-corrected chi connectivity index (χ0v) is 13.9. The molecule has 1 aromatic carbocycles. The van der Waals surface area contributed by atoms with Gasteiger partial charge in [0.25, 0.3) is 5.56 Å². The summed E-state index contributed by atoms with van der Waals surface area (Å²) in [6.07, 6.45) is 0. The first-order chi connectivity index (χ1) is 9.74. The van der Waals surface area contributed by atoms with Crippen LogP contribution in [0, 0.1) is 0 Å². The van der Waals surface area contributed by atoms with Gasteiger partial charge in [-0.15, -0.1) is 0 Å². The molecular weight excluding hydrogens is 336 g/mol. The van der Waals surface area contributed by atoms with Gasteiger partial charge in [0, 0.05) is 11.0 Å². The lowest BCUT2D eigenvalue weighted by molar-refractivity contribution is 0.373. The number of aromatic amines is 1. The molecule has 0 saturated heterocycles. The third kappa shape index (κ3) is 3.10. The van der Waals surface area contributed by atoms with Crippen LogP contribution in [0.5, 0.6) is 11.5 Å². The number of aromatic hydroxyl groups is 1. The molecule has 0 amide bonds. The highest BCUT2D eigenvalue weighted by molar-refractivity contribution is 9.10. The molecular formula is C15H17BrN2O3. The molecule has 2 aromatic rings. The van der Waals surface area contributed by atoms with Gasteiger partial charge in [-0.1, -0.05) is 20.8 Å². The van der Waals surface area contributed by atoms with Crippen molar-refractivity contribution >= 4 is 15.9 Å². The summed E-state index contributed by atoms with van der Waals surface area (Å²) < 4.78 is 5.43. The highest BCUT2D eigenvalue weighted by atomic mass is 79.9. The lowest BCUT2D eigenvalue weighted by Crippen LogP contribution is -2.22. The summed E-state index contributed by atoms with van der Waals surface area (Å²) in [5, 5.41) is 9.85. The lowest BCUT2D eigenvalue weighted by Gasteiger charge is -2.19. The summed E-state index contributed by atoms with van der Waals surface area (Å²) in [6, 6.07) is 4.87. The Morgan fingerprint density at radius 2 is 2.00 bits per heavy atom. The van der Waals surface area contributed by atoms with E-state index in [0.717, 1.165) is 0 Å². The van der Waals surface area contributed by atoms with E-state index in [1.165, 1.54) is 13.2 Å². The van der Waals surface area contributed by atoms with Crippen molar-refractivity contribution in [2.45, 2.75) is 26.2 Å². The third-order valence-corrected chi connectivity index (χ3v) is 3.76. The number of halogens is 1. The zero-order valence-electron chi connectivity index (χ0n) is 12.3. The topological polar surface area (TPSA) is 75.2 Å². The zero-order chi connectivity index (χ0) is 15.8. The Hall–Kier alpha value is -1.82. The Morgan fingerprint density at radius 1 is 1.33 bits per heavy atom. The van der Waals surface area contributed by atoms with Crippen molar-refractivity contribution in [3.8, 4) is 22.9 Å². The minimum atomic E-state index is -0.281. The van der Waals surface area contributed by atoms with E-state index in [0.29, 0.717) is 27.3 Å². The minimum Gasteiger partial charge on any atom is -0.504 e. The van der Waals surface area contributed by atoms with Crippen LogP contribution in [-0.4, -0.2) is 22.2 Å². The number of H-pyrrole nitrogens is 1. The number of phenolic OH excluding ortho intramolecular Hbond substituents is 1. The van der Waals surface area contributed by atoms with E-state index in [9.17, 15) is 9.90 Å². The Labute approximate surface area is 131 Å². The van der Waals surface area contributed by atoms with Crippen molar-refractivity contribution in [3.63, 3.8) is 0 Å². The van der Waals surface area contributed by atoms with E-state index in [1.54, 1.807) is 12.1 Å². The average molecular weight is 353 g/mol. The molecule has 0 saturated carbocycles. The largest absolute Gasteiger partial charge is 0.504 e. The van der Waals surface area contributed by atoms with Crippen LogP contribution in [0.25, 0.3) is 11.4 Å². The molecule has 0 atom stereocenters. The van der Waals surface area contributed by atoms with E-state index in [2.05, 4.69) is 25.9 Å². The predicted molar refractivity (Wildman–Crippen MR) is 84.9 cm³/mol. The summed E-state index contributed by atoms with van der Waals surface area (Å²) in [7, 11) is 1.48. The van der Waals surface area contributed by atoms with Gasteiger partial charge in [-0.25, -0.2) is 4.98 Å². The monoisotopic (exact) mass is 352 g/mol. The number of nitrogens with zero attached hydrogens (tertiary/aromatic N) is 1. The SMILES string of the molecule is COc1ccc(-c2nc(C(C)(C)C)c(Br)c(=O)[nH]2)cc1O. The Morgan fingerprint density at radius 3 is 2.52 bits per heavy atom. The number of benzene rings is 1. The Bertz CT molecular complexity index is 733. The van der Waals surface area contributed by atoms with Gasteiger partial charge in [0.05, 0.1) is 12.8 Å². The maximum absolute atomic E-state index is 12.1. The van der Waals surface area contributed by atoms with Crippen LogP contribution in [0.2, 0.25) is 0 Å². The van der Waals surface area contributed by atoms with Gasteiger partial charge < -0.3 is 14.8 Å². The van der Waals surface area contributed by atoms with Gasteiger partial charge in [-0.2, -0.15) is 0 Å². The molecule has 1 aromatic heterocycles. The molecule has 0 aliphatic rings. The van der Waals surface area contributed by atoms with Gasteiger partial charge in [0.1, 0.15) is 10.3 Å². The average Bonchev–Trinajstić information content (AvgIpc) is 2.40. The van der Waals surface area contributed by atoms with E-state index in [4.69, 9.17) is 4.74 Å². The number of ether oxygens (including phenoxy) is 1. The van der Waals surface area contributed by atoms with Crippen LogP contribution < -0.4 is 10.3 Å². The lowest BCUT2D eigenvalue weighted by atomic mass is 9.92. The molecule has 2 N–H and O–H groups in total. The minimum absolute atomic E-state index is 0.00197. The van der Waals surface area contributed by atoms with Crippen molar-refractivity contribution < 1.29 is 9.84 Å². The molecule has 0 unspecified atom stereocenters. The molecule has 0 aliphatic heterocycles. The van der Waals surface area contributed by atoms with Crippen molar-refractivity contribution in [2.75, 3.05) is 7.11 Å². The number of phenols is 1. The highest BCUT2D eigenvalue weighted by Gasteiger charge is 2.22. The fraction of sp³-hybridized carbons (Fsp3) is 0.333. The van der Waals surface area contributed by atoms with Crippen LogP contribution in [0.15, 0.2) is 27.5 Å². The van der Waals surface area contributed by atoms with Crippen LogP contribution in [-0.2, 0) is 5.41 Å². The Balaban J connectivity index is 2.63. The van der Waals surface area contributed by atoms with E-state index < -0.39 is 0 Å². The van der Waals surface area contributed by atoms with Gasteiger partial charge in [0.15, 0.2) is 11.5 Å². The smallest absolute Gasteiger partial charge is 0.265 e. The Kier molecular flexibility index (Phi) is 4.09. The fourth-order valence-corrected chi connectivity index (χ4v) is 2.71. The summed E-state index contributed by atoms with van der Waals surface area (Å²) in [5.74, 6) is 0.776. The number of nitrogens with one attached hydrogen (secondary N) is 1. The third-order valence-electron chi connectivity index (χ3n) is 3.03. The first-order valence-corrected chi connectivity index (χ1v) is 7.21. The molecule has 112 valence electrons. The number of methoxy groups -OCH3 is 1. The summed E-state index contributed by atoms with van der Waals surface area (Å²) in [5.41, 5.74) is 0.747. The molecule has 0 radical (unpaired) electrons. The summed E-state index contributed by atoms with van der Waals surface area (Å²) in [6.45, 7) is 5.94. The van der Waals surface area contributed by atoms with Crippen molar-refractivity contribution in [1.82, 2.24) is 9.97 Å². The summed E-state index contributed by atoms with van der Waals surface area (Å²) >= 11 is 3.28. The molecule has 0 bridgehead atoms. The number of rotatable bonds is 2. The van der Waals surface area contributed by atoms with E-state index in [1.807, 2.05) is 20.8 Å². The molecule has 2 rings (SSSR count). The van der Waals surface area contributed by atoms with Crippen molar-refractivity contribution in [2.24, 2.45) is 0 Å². The highest BCUT2D eigenvalue weighted by Crippen LogP contribution is 2.31. The van der Waals surface area contributed by atoms with Gasteiger partial charge in [-0.05, 0) is 34.1 Å². The van der Waals surface area contributed by atoms with Crippen LogP contribution in [0.4, 0.5) is 0 Å². The normalized spacial score (nSPS) is 11.5. The van der Waals surface area contributed by atoms with Gasteiger partial charge in [0.2, 0.25) is 0 Å². The molecule has 6 heteroatoms. The number of hydrogen-bond acceptors (Lipinski definition) is 4. The van der Waals surface area contributed by atoms with E-state index in [-0.39, 0.29) is 16.7 Å². The second-order valence-corrected chi connectivity index (χ2v) is 6.51. The van der Waals surface area contributed by atoms with E-state index >= 15 is 0 Å². The molecule has 1 heterocycles. The number of aromatic nitrogens is 2. The molecule has 0 spiro atoms. The fourth-order valence-electron chi connectivity index (χ4n) is 1.93. The van der Waals surface area contributed by atoms with Crippen LogP contribution >= 0.6 is 15.9 Å². The number of hydrogen-bond donors (Lipinski definition) is 2.